The maximum absolute atomic E-state index is 11.6. The molecule has 0 saturated heterocycles. The molecule has 4 heteroatoms. The van der Waals surface area contributed by atoms with Crippen molar-refractivity contribution < 1.29 is 0 Å². The highest BCUT2D eigenvalue weighted by molar-refractivity contribution is 4.99. The van der Waals surface area contributed by atoms with Crippen molar-refractivity contribution in [2.75, 3.05) is 0 Å². The van der Waals surface area contributed by atoms with Crippen LogP contribution in [0.5, 0.6) is 0 Å². The molecular formula is C10H16N2O2. The molecule has 0 amide bonds. The normalized spacial score (nSPS) is 11.7. The number of H-pyrrole nitrogens is 1. The molecule has 1 N–H and O–H groups in total. The molecule has 0 atom stereocenters. The van der Waals surface area contributed by atoms with Gasteiger partial charge in [-0.3, -0.25) is 9.36 Å². The summed E-state index contributed by atoms with van der Waals surface area (Å²) in [6, 6.07) is 1.44. The molecule has 14 heavy (non-hydrogen) atoms. The summed E-state index contributed by atoms with van der Waals surface area (Å²) in [6.07, 6.45) is 0.735. The van der Waals surface area contributed by atoms with Gasteiger partial charge in [0.05, 0.1) is 0 Å². The third-order valence-electron chi connectivity index (χ3n) is 2.54. The van der Waals surface area contributed by atoms with Crippen LogP contribution in [0.25, 0.3) is 0 Å². The van der Waals surface area contributed by atoms with Crippen LogP contribution in [0.15, 0.2) is 15.7 Å². The minimum Gasteiger partial charge on any atom is -0.311 e. The van der Waals surface area contributed by atoms with Crippen molar-refractivity contribution in [3.63, 3.8) is 0 Å². The monoisotopic (exact) mass is 196 g/mol. The summed E-state index contributed by atoms with van der Waals surface area (Å²) in [4.78, 5) is 25.8. The van der Waals surface area contributed by atoms with E-state index in [4.69, 9.17) is 0 Å². The second-order valence-corrected chi connectivity index (χ2v) is 4.10. The molecule has 4 nitrogen and oxygen atoms in total. The van der Waals surface area contributed by atoms with E-state index < -0.39 is 5.54 Å². The Balaban J connectivity index is 3.51. The van der Waals surface area contributed by atoms with Gasteiger partial charge in [-0.15, -0.1) is 0 Å². The van der Waals surface area contributed by atoms with Crippen molar-refractivity contribution in [2.45, 2.75) is 39.7 Å². The summed E-state index contributed by atoms with van der Waals surface area (Å²) < 4.78 is 1.26. The number of nitrogens with one attached hydrogen (secondary N) is 1. The molecule has 0 bridgehead atoms. The standard InChI is InChI=1S/C10H16N2O2/c1-5-10(3,4)12-8(13)6-7(2)11-9(12)14/h6H,5H2,1-4H3,(H,11,14). The molecule has 0 aliphatic carbocycles. The second-order valence-electron chi connectivity index (χ2n) is 4.10. The maximum Gasteiger partial charge on any atom is 0.329 e. The van der Waals surface area contributed by atoms with E-state index in [0.29, 0.717) is 5.69 Å². The molecule has 1 heterocycles. The Morgan fingerprint density at radius 1 is 1.43 bits per heavy atom. The zero-order valence-corrected chi connectivity index (χ0v) is 9.05. The third-order valence-corrected chi connectivity index (χ3v) is 2.54. The maximum atomic E-state index is 11.6. The smallest absolute Gasteiger partial charge is 0.311 e. The molecule has 0 aromatic carbocycles. The molecular weight excluding hydrogens is 180 g/mol. The molecule has 0 unspecified atom stereocenters. The minimum absolute atomic E-state index is 0.238. The van der Waals surface area contributed by atoms with Crippen LogP contribution in [-0.2, 0) is 5.54 Å². The summed E-state index contributed by atoms with van der Waals surface area (Å²) in [7, 11) is 0. The van der Waals surface area contributed by atoms with Gasteiger partial charge in [-0.1, -0.05) is 6.92 Å². The number of hydrogen-bond donors (Lipinski definition) is 1. The lowest BCUT2D eigenvalue weighted by Crippen LogP contribution is -2.45. The van der Waals surface area contributed by atoms with Crippen LogP contribution < -0.4 is 11.2 Å². The Bertz CT molecular complexity index is 409. The van der Waals surface area contributed by atoms with Crippen molar-refractivity contribution in [2.24, 2.45) is 0 Å². The summed E-state index contributed by atoms with van der Waals surface area (Å²) in [5.74, 6) is 0. The van der Waals surface area contributed by atoms with Crippen LogP contribution in [0.4, 0.5) is 0 Å². The van der Waals surface area contributed by atoms with Crippen molar-refractivity contribution in [3.05, 3.63) is 32.6 Å². The predicted molar refractivity (Wildman–Crippen MR) is 55.7 cm³/mol. The first-order valence-corrected chi connectivity index (χ1v) is 4.72. The Kier molecular flexibility index (Phi) is 2.64. The summed E-state index contributed by atoms with van der Waals surface area (Å²) in [5.41, 5.74) is -0.402. The highest BCUT2D eigenvalue weighted by Gasteiger charge is 2.21. The Hall–Kier alpha value is -1.32. The topological polar surface area (TPSA) is 54.9 Å². The highest BCUT2D eigenvalue weighted by atomic mass is 16.2. The quantitative estimate of drug-likeness (QED) is 0.766. The predicted octanol–water partition coefficient (Wildman–Crippen LogP) is 0.990. The SMILES string of the molecule is CCC(C)(C)n1c(=O)cc(C)[nH]c1=O. The van der Waals surface area contributed by atoms with E-state index in [0.717, 1.165) is 6.42 Å². The van der Waals surface area contributed by atoms with Crippen LogP contribution in [0.2, 0.25) is 0 Å². The second kappa shape index (κ2) is 3.44. The van der Waals surface area contributed by atoms with Crippen molar-refractivity contribution in [1.82, 2.24) is 9.55 Å². The number of aromatic amines is 1. The van der Waals surface area contributed by atoms with Gasteiger partial charge in [-0.05, 0) is 27.2 Å². The van der Waals surface area contributed by atoms with Gasteiger partial charge in [0.2, 0.25) is 0 Å². The van der Waals surface area contributed by atoms with E-state index in [2.05, 4.69) is 4.98 Å². The van der Waals surface area contributed by atoms with Gasteiger partial charge in [-0.25, -0.2) is 4.79 Å². The number of aromatic nitrogens is 2. The molecule has 0 fully saturated rings. The van der Waals surface area contributed by atoms with E-state index in [9.17, 15) is 9.59 Å². The van der Waals surface area contributed by atoms with E-state index >= 15 is 0 Å². The molecule has 78 valence electrons. The first-order chi connectivity index (χ1) is 6.38. The molecule has 0 radical (unpaired) electrons. The van der Waals surface area contributed by atoms with Gasteiger partial charge in [0.1, 0.15) is 0 Å². The van der Waals surface area contributed by atoms with Crippen LogP contribution >= 0.6 is 0 Å². The molecule has 1 aromatic rings. The molecule has 0 spiro atoms. The van der Waals surface area contributed by atoms with Gasteiger partial charge in [0.25, 0.3) is 5.56 Å². The van der Waals surface area contributed by atoms with Crippen LogP contribution in [0.1, 0.15) is 32.9 Å². The molecule has 1 rings (SSSR count). The fourth-order valence-corrected chi connectivity index (χ4v) is 1.34. The lowest BCUT2D eigenvalue weighted by Gasteiger charge is -2.24. The highest BCUT2D eigenvalue weighted by Crippen LogP contribution is 2.13. The fraction of sp³-hybridized carbons (Fsp3) is 0.600. The van der Waals surface area contributed by atoms with Crippen LogP contribution in [-0.4, -0.2) is 9.55 Å². The van der Waals surface area contributed by atoms with Crippen molar-refractivity contribution in [3.8, 4) is 0 Å². The zero-order chi connectivity index (χ0) is 10.9. The first-order valence-electron chi connectivity index (χ1n) is 4.72. The lowest BCUT2D eigenvalue weighted by molar-refractivity contribution is 0.317. The molecule has 1 aromatic heterocycles. The minimum atomic E-state index is -0.432. The molecule has 0 saturated carbocycles. The number of nitrogens with zero attached hydrogens (tertiary/aromatic N) is 1. The van der Waals surface area contributed by atoms with E-state index in [1.54, 1.807) is 6.92 Å². The summed E-state index contributed by atoms with van der Waals surface area (Å²) in [5, 5.41) is 0. The van der Waals surface area contributed by atoms with Gasteiger partial charge < -0.3 is 4.98 Å². The van der Waals surface area contributed by atoms with Gasteiger partial charge >= 0.3 is 5.69 Å². The summed E-state index contributed by atoms with van der Waals surface area (Å²) >= 11 is 0. The van der Waals surface area contributed by atoms with Gasteiger partial charge in [-0.2, -0.15) is 0 Å². The molecule has 0 aliphatic rings. The van der Waals surface area contributed by atoms with Crippen LogP contribution in [0, 0.1) is 6.92 Å². The van der Waals surface area contributed by atoms with Crippen LogP contribution in [0.3, 0.4) is 0 Å². The Morgan fingerprint density at radius 3 is 2.43 bits per heavy atom. The van der Waals surface area contributed by atoms with Crippen molar-refractivity contribution >= 4 is 0 Å². The fourth-order valence-electron chi connectivity index (χ4n) is 1.34. The third kappa shape index (κ3) is 1.78. The van der Waals surface area contributed by atoms with Gasteiger partial charge in [0, 0.05) is 17.3 Å². The Morgan fingerprint density at radius 2 is 2.00 bits per heavy atom. The van der Waals surface area contributed by atoms with Gasteiger partial charge in [0.15, 0.2) is 0 Å². The summed E-state index contributed by atoms with van der Waals surface area (Å²) in [6.45, 7) is 7.40. The largest absolute Gasteiger partial charge is 0.329 e. The average Bonchev–Trinajstić information content (AvgIpc) is 2.01. The van der Waals surface area contributed by atoms with E-state index in [-0.39, 0.29) is 11.2 Å². The van der Waals surface area contributed by atoms with E-state index in [1.807, 2.05) is 20.8 Å². The van der Waals surface area contributed by atoms with Crippen molar-refractivity contribution in [1.29, 1.82) is 0 Å². The lowest BCUT2D eigenvalue weighted by atomic mass is 10.0. The zero-order valence-electron chi connectivity index (χ0n) is 9.05. The number of rotatable bonds is 2. The first kappa shape index (κ1) is 10.8. The van der Waals surface area contributed by atoms with E-state index in [1.165, 1.54) is 10.6 Å². The average molecular weight is 196 g/mol. The Labute approximate surface area is 82.6 Å². The number of aryl methyl sites for hydroxylation is 1. The molecule has 0 aliphatic heterocycles. The number of hydrogen-bond acceptors (Lipinski definition) is 2.